The third-order valence-corrected chi connectivity index (χ3v) is 5.06. The van der Waals surface area contributed by atoms with Crippen LogP contribution in [-0.2, 0) is 4.79 Å². The third-order valence-electron chi connectivity index (χ3n) is 5.06. The topological polar surface area (TPSA) is 33.5 Å². The van der Waals surface area contributed by atoms with Crippen molar-refractivity contribution in [2.24, 2.45) is 11.8 Å². The van der Waals surface area contributed by atoms with Gasteiger partial charge in [-0.15, -0.1) is 0 Å². The summed E-state index contributed by atoms with van der Waals surface area (Å²) < 4.78 is 0. The van der Waals surface area contributed by atoms with Crippen LogP contribution in [0.2, 0.25) is 0 Å². The maximum Gasteiger partial charge on any atom is 0.275 e. The summed E-state index contributed by atoms with van der Waals surface area (Å²) in [5, 5.41) is 3.30. The highest BCUT2D eigenvalue weighted by Crippen LogP contribution is 2.44. The van der Waals surface area contributed by atoms with E-state index in [4.69, 9.17) is 0 Å². The van der Waals surface area contributed by atoms with Crippen molar-refractivity contribution in [2.45, 2.75) is 51.0 Å². The molecular formula is C14H25N2O+. The van der Waals surface area contributed by atoms with Crippen LogP contribution in [0.5, 0.6) is 0 Å². The second-order valence-corrected chi connectivity index (χ2v) is 6.34. The molecule has 1 amide bonds. The number of hydrogen-bond acceptors (Lipinski definition) is 1. The number of nitrogens with one attached hydrogen (secondary N) is 2. The van der Waals surface area contributed by atoms with Crippen molar-refractivity contribution >= 4 is 5.91 Å². The quantitative estimate of drug-likeness (QED) is 0.730. The fourth-order valence-corrected chi connectivity index (χ4v) is 4.13. The van der Waals surface area contributed by atoms with Crippen molar-refractivity contribution < 1.29 is 9.69 Å². The molecule has 3 atom stereocenters. The molecule has 0 unspecified atom stereocenters. The minimum atomic E-state index is 0.305. The molecule has 2 bridgehead atoms. The SMILES string of the molecule is O=C(C[NH+]1CCCCC1)N[C@@H]1C[C@H]2CC[C@@H]1C2. The fourth-order valence-electron chi connectivity index (χ4n) is 4.13. The minimum absolute atomic E-state index is 0.305. The van der Waals surface area contributed by atoms with Gasteiger partial charge in [0.25, 0.3) is 5.91 Å². The fraction of sp³-hybridized carbons (Fsp3) is 0.929. The normalized spacial score (nSPS) is 37.3. The van der Waals surface area contributed by atoms with Gasteiger partial charge in [0.05, 0.1) is 13.1 Å². The van der Waals surface area contributed by atoms with Gasteiger partial charge >= 0.3 is 0 Å². The first-order valence-corrected chi connectivity index (χ1v) is 7.44. The predicted octanol–water partition coefficient (Wildman–Crippen LogP) is 0.360. The molecule has 96 valence electrons. The van der Waals surface area contributed by atoms with Gasteiger partial charge in [-0.25, -0.2) is 0 Å². The Morgan fingerprint density at radius 3 is 2.59 bits per heavy atom. The van der Waals surface area contributed by atoms with E-state index in [9.17, 15) is 4.79 Å². The highest BCUT2D eigenvalue weighted by atomic mass is 16.2. The Morgan fingerprint density at radius 1 is 1.12 bits per heavy atom. The number of fused-ring (bicyclic) bond motifs is 2. The molecule has 1 aliphatic heterocycles. The molecule has 3 fully saturated rings. The van der Waals surface area contributed by atoms with Crippen LogP contribution in [0.15, 0.2) is 0 Å². The van der Waals surface area contributed by atoms with Gasteiger partial charge < -0.3 is 10.2 Å². The maximum absolute atomic E-state index is 12.0. The molecule has 3 nitrogen and oxygen atoms in total. The van der Waals surface area contributed by atoms with E-state index in [0.29, 0.717) is 18.5 Å². The summed E-state index contributed by atoms with van der Waals surface area (Å²) in [6.07, 6.45) is 9.36. The molecule has 1 heterocycles. The number of piperidine rings is 1. The Bertz CT molecular complexity index is 286. The van der Waals surface area contributed by atoms with Crippen LogP contribution in [0.3, 0.4) is 0 Å². The Kier molecular flexibility index (Phi) is 3.37. The molecule has 1 saturated heterocycles. The van der Waals surface area contributed by atoms with Crippen LogP contribution >= 0.6 is 0 Å². The van der Waals surface area contributed by atoms with Gasteiger partial charge in [0.1, 0.15) is 0 Å². The average Bonchev–Trinajstić information content (AvgIpc) is 2.92. The summed E-state index contributed by atoms with van der Waals surface area (Å²) >= 11 is 0. The number of quaternary nitrogens is 1. The predicted molar refractivity (Wildman–Crippen MR) is 66.8 cm³/mol. The smallest absolute Gasteiger partial charge is 0.275 e. The molecule has 0 spiro atoms. The summed E-state index contributed by atoms with van der Waals surface area (Å²) in [7, 11) is 0. The Labute approximate surface area is 104 Å². The number of rotatable bonds is 3. The molecular weight excluding hydrogens is 212 g/mol. The molecule has 2 aliphatic carbocycles. The number of likely N-dealkylation sites (tertiary alicyclic amines) is 1. The van der Waals surface area contributed by atoms with Crippen molar-refractivity contribution in [3.05, 3.63) is 0 Å². The second-order valence-electron chi connectivity index (χ2n) is 6.34. The summed E-state index contributed by atoms with van der Waals surface area (Å²) in [6, 6.07) is 0.519. The summed E-state index contributed by atoms with van der Waals surface area (Å²) in [5.74, 6) is 2.03. The lowest BCUT2D eigenvalue weighted by Crippen LogP contribution is -3.14. The lowest BCUT2D eigenvalue weighted by atomic mass is 9.95. The van der Waals surface area contributed by atoms with Crippen LogP contribution < -0.4 is 10.2 Å². The highest BCUT2D eigenvalue weighted by molar-refractivity contribution is 5.77. The monoisotopic (exact) mass is 237 g/mol. The lowest BCUT2D eigenvalue weighted by Gasteiger charge is -2.26. The van der Waals surface area contributed by atoms with E-state index < -0.39 is 0 Å². The van der Waals surface area contributed by atoms with Crippen molar-refractivity contribution in [3.63, 3.8) is 0 Å². The Morgan fingerprint density at radius 2 is 1.94 bits per heavy atom. The number of carbonyl (C=O) groups is 1. The van der Waals surface area contributed by atoms with E-state index in [1.54, 1.807) is 0 Å². The van der Waals surface area contributed by atoms with Gasteiger partial charge in [0, 0.05) is 6.04 Å². The van der Waals surface area contributed by atoms with Crippen LogP contribution in [0.4, 0.5) is 0 Å². The molecule has 3 aliphatic rings. The number of amides is 1. The number of hydrogen-bond donors (Lipinski definition) is 2. The van der Waals surface area contributed by atoms with E-state index in [1.807, 2.05) is 0 Å². The van der Waals surface area contributed by atoms with Crippen LogP contribution in [-0.4, -0.2) is 31.6 Å². The largest absolute Gasteiger partial charge is 0.348 e. The molecule has 0 aromatic heterocycles. The van der Waals surface area contributed by atoms with Gasteiger partial charge in [0.15, 0.2) is 6.54 Å². The molecule has 2 saturated carbocycles. The Hall–Kier alpha value is -0.570. The van der Waals surface area contributed by atoms with Crippen molar-refractivity contribution in [3.8, 4) is 0 Å². The molecule has 0 radical (unpaired) electrons. The first-order valence-electron chi connectivity index (χ1n) is 7.44. The van der Waals surface area contributed by atoms with E-state index in [1.165, 1.54) is 62.9 Å². The average molecular weight is 237 g/mol. The second kappa shape index (κ2) is 4.97. The molecule has 3 heteroatoms. The van der Waals surface area contributed by atoms with Crippen LogP contribution in [0.25, 0.3) is 0 Å². The first-order chi connectivity index (χ1) is 8.31. The van der Waals surface area contributed by atoms with Crippen molar-refractivity contribution in [1.29, 1.82) is 0 Å². The number of carbonyl (C=O) groups excluding carboxylic acids is 1. The molecule has 0 aromatic rings. The summed E-state index contributed by atoms with van der Waals surface area (Å²) in [4.78, 5) is 13.5. The molecule has 3 rings (SSSR count). The highest BCUT2D eigenvalue weighted by Gasteiger charge is 2.40. The maximum atomic E-state index is 12.0. The molecule has 17 heavy (non-hydrogen) atoms. The van der Waals surface area contributed by atoms with Gasteiger partial charge in [0.2, 0.25) is 0 Å². The van der Waals surface area contributed by atoms with Gasteiger partial charge in [-0.05, 0) is 50.4 Å². The van der Waals surface area contributed by atoms with E-state index >= 15 is 0 Å². The molecule has 2 N–H and O–H groups in total. The minimum Gasteiger partial charge on any atom is -0.348 e. The van der Waals surface area contributed by atoms with Crippen LogP contribution in [0.1, 0.15) is 44.9 Å². The lowest BCUT2D eigenvalue weighted by molar-refractivity contribution is -0.896. The van der Waals surface area contributed by atoms with E-state index in [-0.39, 0.29) is 0 Å². The van der Waals surface area contributed by atoms with Crippen LogP contribution in [0, 0.1) is 11.8 Å². The first kappa shape index (κ1) is 11.5. The zero-order valence-corrected chi connectivity index (χ0v) is 10.7. The van der Waals surface area contributed by atoms with E-state index in [2.05, 4.69) is 5.32 Å². The Balaban J connectivity index is 1.44. The van der Waals surface area contributed by atoms with Crippen molar-refractivity contribution in [2.75, 3.05) is 19.6 Å². The van der Waals surface area contributed by atoms with Gasteiger partial charge in [-0.2, -0.15) is 0 Å². The van der Waals surface area contributed by atoms with Crippen molar-refractivity contribution in [1.82, 2.24) is 5.32 Å². The van der Waals surface area contributed by atoms with Gasteiger partial charge in [-0.1, -0.05) is 6.42 Å². The zero-order valence-electron chi connectivity index (χ0n) is 10.7. The summed E-state index contributed by atoms with van der Waals surface area (Å²) in [6.45, 7) is 3.11. The van der Waals surface area contributed by atoms with E-state index in [0.717, 1.165) is 11.8 Å². The summed E-state index contributed by atoms with van der Waals surface area (Å²) in [5.41, 5.74) is 0. The van der Waals surface area contributed by atoms with Gasteiger partial charge in [-0.3, -0.25) is 4.79 Å². The molecule has 0 aromatic carbocycles. The third kappa shape index (κ3) is 2.65. The zero-order chi connectivity index (χ0) is 11.7. The standard InChI is InChI=1S/C14H24N2O/c17-14(10-16-6-2-1-3-7-16)15-13-9-11-4-5-12(13)8-11/h11-13H,1-10H2,(H,15,17)/p+1/t11-,12+,13+/m0/s1.